The minimum atomic E-state index is -0.0374. The molecule has 0 aromatic carbocycles. The predicted octanol–water partition coefficient (Wildman–Crippen LogP) is 2.48. The first-order valence-corrected chi connectivity index (χ1v) is 8.01. The van der Waals surface area contributed by atoms with E-state index in [9.17, 15) is 4.79 Å². The minimum absolute atomic E-state index is 0.0374. The van der Waals surface area contributed by atoms with Gasteiger partial charge in [0.2, 0.25) is 0 Å². The lowest BCUT2D eigenvalue weighted by Crippen LogP contribution is -2.24. The lowest BCUT2D eigenvalue weighted by atomic mass is 10.3. The molecule has 0 unspecified atom stereocenters. The highest BCUT2D eigenvalue weighted by Gasteiger charge is 2.36. The standard InChI is InChI=1S/C14H16N4OS/c19-14(10-5-6-20-8-10)15-7-12-16-17-13(9-1-2-9)18(12)11-3-4-11/h5-6,8-9,11H,1-4,7H2,(H,15,19). The van der Waals surface area contributed by atoms with Crippen molar-refractivity contribution in [2.75, 3.05) is 0 Å². The second kappa shape index (κ2) is 4.70. The Morgan fingerprint density at radius 1 is 1.35 bits per heavy atom. The highest BCUT2D eigenvalue weighted by Crippen LogP contribution is 2.44. The van der Waals surface area contributed by atoms with Gasteiger partial charge >= 0.3 is 0 Å². The van der Waals surface area contributed by atoms with E-state index in [0.29, 0.717) is 18.5 Å². The molecule has 0 atom stereocenters. The van der Waals surface area contributed by atoms with Gasteiger partial charge in [0.05, 0.1) is 6.54 Å². The fourth-order valence-electron chi connectivity index (χ4n) is 2.46. The van der Waals surface area contributed by atoms with Crippen molar-refractivity contribution < 1.29 is 4.79 Å². The Morgan fingerprint density at radius 2 is 2.20 bits per heavy atom. The Labute approximate surface area is 121 Å². The van der Waals surface area contributed by atoms with Crippen molar-refractivity contribution >= 4 is 17.2 Å². The first-order valence-electron chi connectivity index (χ1n) is 7.07. The molecule has 0 bridgehead atoms. The smallest absolute Gasteiger partial charge is 0.252 e. The molecule has 1 amide bonds. The first-order chi connectivity index (χ1) is 9.83. The molecular weight excluding hydrogens is 272 g/mol. The van der Waals surface area contributed by atoms with Crippen molar-refractivity contribution in [2.45, 2.75) is 44.2 Å². The SMILES string of the molecule is O=C(NCc1nnc(C2CC2)n1C1CC1)c1ccsc1. The molecule has 2 fully saturated rings. The maximum atomic E-state index is 12.0. The van der Waals surface area contributed by atoms with Crippen LogP contribution in [0.1, 0.15) is 59.6 Å². The van der Waals surface area contributed by atoms with E-state index < -0.39 is 0 Å². The summed E-state index contributed by atoms with van der Waals surface area (Å²) in [5.74, 6) is 2.60. The third-order valence-electron chi connectivity index (χ3n) is 3.84. The molecule has 2 saturated carbocycles. The van der Waals surface area contributed by atoms with Gasteiger partial charge in [-0.3, -0.25) is 4.79 Å². The summed E-state index contributed by atoms with van der Waals surface area (Å²) < 4.78 is 2.27. The summed E-state index contributed by atoms with van der Waals surface area (Å²) in [5.41, 5.74) is 0.718. The summed E-state index contributed by atoms with van der Waals surface area (Å²) in [7, 11) is 0. The van der Waals surface area contributed by atoms with Crippen LogP contribution in [-0.4, -0.2) is 20.7 Å². The summed E-state index contributed by atoms with van der Waals surface area (Å²) >= 11 is 1.53. The Kier molecular flexibility index (Phi) is 2.84. The van der Waals surface area contributed by atoms with Gasteiger partial charge in [-0.1, -0.05) is 0 Å². The Morgan fingerprint density at radius 3 is 2.85 bits per heavy atom. The summed E-state index contributed by atoms with van der Waals surface area (Å²) in [6, 6.07) is 2.40. The largest absolute Gasteiger partial charge is 0.345 e. The average Bonchev–Trinajstić information content (AvgIpc) is 3.39. The number of hydrogen-bond donors (Lipinski definition) is 1. The van der Waals surface area contributed by atoms with Crippen LogP contribution in [0.15, 0.2) is 16.8 Å². The predicted molar refractivity (Wildman–Crippen MR) is 75.8 cm³/mol. The lowest BCUT2D eigenvalue weighted by molar-refractivity contribution is 0.0950. The van der Waals surface area contributed by atoms with Gasteiger partial charge < -0.3 is 9.88 Å². The number of hydrogen-bond acceptors (Lipinski definition) is 4. The van der Waals surface area contributed by atoms with Gasteiger partial charge in [0.25, 0.3) is 5.91 Å². The van der Waals surface area contributed by atoms with E-state index in [1.165, 1.54) is 37.0 Å². The molecule has 2 aromatic heterocycles. The van der Waals surface area contributed by atoms with Crippen molar-refractivity contribution in [1.29, 1.82) is 0 Å². The van der Waals surface area contributed by atoms with Gasteiger partial charge in [-0.05, 0) is 37.1 Å². The third-order valence-corrected chi connectivity index (χ3v) is 4.52. The first kappa shape index (κ1) is 12.1. The van der Waals surface area contributed by atoms with Crippen LogP contribution >= 0.6 is 11.3 Å². The summed E-state index contributed by atoms with van der Waals surface area (Å²) in [6.07, 6.45) is 4.88. The fourth-order valence-corrected chi connectivity index (χ4v) is 3.10. The molecule has 0 aliphatic heterocycles. The molecule has 0 spiro atoms. The molecule has 1 N–H and O–H groups in total. The van der Waals surface area contributed by atoms with Crippen LogP contribution in [0.4, 0.5) is 0 Å². The number of rotatable bonds is 5. The molecule has 0 radical (unpaired) electrons. The van der Waals surface area contributed by atoms with Crippen LogP contribution in [0.25, 0.3) is 0 Å². The van der Waals surface area contributed by atoms with Crippen LogP contribution in [0.5, 0.6) is 0 Å². The second-order valence-electron chi connectivity index (χ2n) is 5.54. The number of aromatic nitrogens is 3. The summed E-state index contributed by atoms with van der Waals surface area (Å²) in [6.45, 7) is 0.463. The normalized spacial score (nSPS) is 18.2. The number of thiophene rings is 1. The average molecular weight is 288 g/mol. The number of carbonyl (C=O) groups excluding carboxylic acids is 1. The van der Waals surface area contributed by atoms with Gasteiger partial charge in [-0.25, -0.2) is 0 Å². The molecule has 2 aromatic rings. The van der Waals surface area contributed by atoms with Crippen molar-refractivity contribution in [3.05, 3.63) is 34.0 Å². The Balaban J connectivity index is 1.50. The van der Waals surface area contributed by atoms with Crippen molar-refractivity contribution in [3.63, 3.8) is 0 Å². The molecule has 5 nitrogen and oxygen atoms in total. The number of amides is 1. The van der Waals surface area contributed by atoms with E-state index in [1.54, 1.807) is 0 Å². The molecule has 2 aliphatic rings. The van der Waals surface area contributed by atoms with E-state index in [4.69, 9.17) is 0 Å². The van der Waals surface area contributed by atoms with Crippen LogP contribution in [0.2, 0.25) is 0 Å². The van der Waals surface area contributed by atoms with E-state index in [-0.39, 0.29) is 5.91 Å². The van der Waals surface area contributed by atoms with Crippen molar-refractivity contribution in [2.24, 2.45) is 0 Å². The molecule has 20 heavy (non-hydrogen) atoms. The van der Waals surface area contributed by atoms with Gasteiger partial charge in [0, 0.05) is 22.9 Å². The van der Waals surface area contributed by atoms with Crippen LogP contribution < -0.4 is 5.32 Å². The topological polar surface area (TPSA) is 59.8 Å². The monoisotopic (exact) mass is 288 g/mol. The van der Waals surface area contributed by atoms with E-state index >= 15 is 0 Å². The third kappa shape index (κ3) is 2.24. The van der Waals surface area contributed by atoms with E-state index in [2.05, 4.69) is 20.1 Å². The van der Waals surface area contributed by atoms with Crippen LogP contribution in [0.3, 0.4) is 0 Å². The maximum absolute atomic E-state index is 12.0. The molecule has 6 heteroatoms. The molecule has 2 aliphatic carbocycles. The zero-order valence-corrected chi connectivity index (χ0v) is 11.9. The highest BCUT2D eigenvalue weighted by atomic mass is 32.1. The van der Waals surface area contributed by atoms with Gasteiger partial charge in [-0.15, -0.1) is 10.2 Å². The van der Waals surface area contributed by atoms with Gasteiger partial charge in [-0.2, -0.15) is 11.3 Å². The molecular formula is C14H16N4OS. The maximum Gasteiger partial charge on any atom is 0.252 e. The van der Waals surface area contributed by atoms with E-state index in [1.807, 2.05) is 16.8 Å². The van der Waals surface area contributed by atoms with Crippen molar-refractivity contribution in [3.8, 4) is 0 Å². The molecule has 2 heterocycles. The Hall–Kier alpha value is -1.69. The second-order valence-corrected chi connectivity index (χ2v) is 6.32. The lowest BCUT2D eigenvalue weighted by Gasteiger charge is -2.09. The Bertz CT molecular complexity index is 626. The number of carbonyl (C=O) groups is 1. The minimum Gasteiger partial charge on any atom is -0.345 e. The zero-order chi connectivity index (χ0) is 13.5. The molecule has 104 valence electrons. The quantitative estimate of drug-likeness (QED) is 0.919. The zero-order valence-electron chi connectivity index (χ0n) is 11.1. The van der Waals surface area contributed by atoms with Crippen molar-refractivity contribution in [1.82, 2.24) is 20.1 Å². The number of nitrogens with zero attached hydrogens (tertiary/aromatic N) is 3. The molecule has 0 saturated heterocycles. The van der Waals surface area contributed by atoms with Gasteiger partial charge in [0.15, 0.2) is 5.82 Å². The highest BCUT2D eigenvalue weighted by molar-refractivity contribution is 7.08. The van der Waals surface area contributed by atoms with E-state index in [0.717, 1.165) is 17.2 Å². The fraction of sp³-hybridized carbons (Fsp3) is 0.500. The van der Waals surface area contributed by atoms with Crippen LogP contribution in [-0.2, 0) is 6.54 Å². The van der Waals surface area contributed by atoms with Gasteiger partial charge in [0.1, 0.15) is 5.82 Å². The summed E-state index contributed by atoms with van der Waals surface area (Å²) in [4.78, 5) is 12.0. The van der Waals surface area contributed by atoms with Crippen LogP contribution in [0, 0.1) is 0 Å². The summed E-state index contributed by atoms with van der Waals surface area (Å²) in [5, 5.41) is 15.3. The molecule has 4 rings (SSSR count). The number of nitrogens with one attached hydrogen (secondary N) is 1.